The van der Waals surface area contributed by atoms with Crippen LogP contribution >= 0.6 is 0 Å². The maximum atomic E-state index is 14.8. The van der Waals surface area contributed by atoms with Crippen LogP contribution in [0.3, 0.4) is 0 Å². The van der Waals surface area contributed by atoms with Crippen molar-refractivity contribution >= 4 is 76.9 Å². The summed E-state index contributed by atoms with van der Waals surface area (Å²) in [6.07, 6.45) is -3.10. The van der Waals surface area contributed by atoms with E-state index in [-0.39, 0.29) is 103 Å². The van der Waals surface area contributed by atoms with Gasteiger partial charge in [-0.15, -0.1) is 0 Å². The second kappa shape index (κ2) is 47.5. The van der Waals surface area contributed by atoms with Crippen molar-refractivity contribution in [1.82, 2.24) is 63.8 Å². The summed E-state index contributed by atoms with van der Waals surface area (Å²) in [7, 11) is 0. The van der Waals surface area contributed by atoms with E-state index in [1.807, 2.05) is 0 Å². The number of hydrogen-bond donors (Lipinski definition) is 20. The molecule has 1 fully saturated rings. The van der Waals surface area contributed by atoms with Crippen molar-refractivity contribution in [3.8, 4) is 0 Å². The first-order chi connectivity index (χ1) is 49.0. The van der Waals surface area contributed by atoms with E-state index in [0.717, 1.165) is 25.3 Å². The Morgan fingerprint density at radius 3 is 1.59 bits per heavy atom. The molecule has 3 rings (SSSR count). The number of aliphatic hydroxyl groups is 2. The lowest BCUT2D eigenvalue weighted by molar-refractivity contribution is -0.150. The fraction of sp³-hybridized carbons (Fsp3) is 0.638. The third-order valence-corrected chi connectivity index (χ3v) is 16.9. The maximum absolute atomic E-state index is 14.8. The summed E-state index contributed by atoms with van der Waals surface area (Å²) in [4.78, 5) is 184. The molecule has 14 atom stereocenters. The highest BCUT2D eigenvalue weighted by molar-refractivity contribution is 5.99. The van der Waals surface area contributed by atoms with E-state index in [1.165, 1.54) is 6.92 Å². The molecule has 26 N–H and O–H groups in total. The first kappa shape index (κ1) is 88.4. The number of amides is 12. The van der Waals surface area contributed by atoms with Crippen molar-refractivity contribution in [3.05, 3.63) is 71.8 Å². The van der Waals surface area contributed by atoms with Gasteiger partial charge in [0.15, 0.2) is 0 Å². The van der Waals surface area contributed by atoms with Crippen LogP contribution in [0.1, 0.15) is 136 Å². The summed E-state index contributed by atoms with van der Waals surface area (Å²) in [6.45, 7) is 8.27. The molecule has 34 heteroatoms. The highest BCUT2D eigenvalue weighted by Crippen LogP contribution is 2.16. The number of esters is 1. The first-order valence-electron chi connectivity index (χ1n) is 35.4. The number of rotatable bonds is 37. The topological polar surface area (TPSA) is 572 Å². The smallest absolute Gasteiger partial charge is 0.309 e. The molecule has 0 saturated carbocycles. The van der Waals surface area contributed by atoms with Crippen molar-refractivity contribution in [2.75, 3.05) is 45.8 Å². The van der Waals surface area contributed by atoms with Gasteiger partial charge in [0.05, 0.1) is 24.2 Å². The molecule has 0 spiro atoms. The summed E-state index contributed by atoms with van der Waals surface area (Å²) in [6, 6.07) is 0.230. The van der Waals surface area contributed by atoms with Crippen LogP contribution in [0.15, 0.2) is 60.7 Å². The minimum absolute atomic E-state index is 0.0278. The molecule has 1 saturated heterocycles. The Bertz CT molecular complexity index is 3040. The molecular weight excluding hydrogens is 1340 g/mol. The van der Waals surface area contributed by atoms with E-state index in [9.17, 15) is 72.5 Å². The Morgan fingerprint density at radius 1 is 0.534 bits per heavy atom. The van der Waals surface area contributed by atoms with Crippen molar-refractivity contribution in [2.24, 2.45) is 52.2 Å². The maximum Gasteiger partial charge on any atom is 0.309 e. The second-order valence-electron chi connectivity index (χ2n) is 26.6. The summed E-state index contributed by atoms with van der Waals surface area (Å²) < 4.78 is 5.50. The van der Waals surface area contributed by atoms with Crippen molar-refractivity contribution in [3.63, 3.8) is 0 Å². The fourth-order valence-electron chi connectivity index (χ4n) is 11.1. The zero-order valence-corrected chi connectivity index (χ0v) is 60.1. The van der Waals surface area contributed by atoms with Crippen LogP contribution in [-0.2, 0) is 80.1 Å². The second-order valence-corrected chi connectivity index (χ2v) is 26.6. The van der Waals surface area contributed by atoms with Gasteiger partial charge in [-0.25, -0.2) is 0 Å². The van der Waals surface area contributed by atoms with Crippen LogP contribution in [0.5, 0.6) is 0 Å². The zero-order valence-electron chi connectivity index (χ0n) is 60.1. The Balaban J connectivity index is 2.12. The van der Waals surface area contributed by atoms with Crippen LogP contribution in [0.2, 0.25) is 0 Å². The van der Waals surface area contributed by atoms with Crippen LogP contribution in [0.4, 0.5) is 0 Å². The number of aliphatic hydroxyl groups excluding tert-OH is 2. The molecule has 12 amide bonds. The number of hydrogen-bond acceptors (Lipinski definition) is 22. The quantitative estimate of drug-likeness (QED) is 0.0222. The van der Waals surface area contributed by atoms with E-state index in [1.54, 1.807) is 74.5 Å². The van der Waals surface area contributed by atoms with Gasteiger partial charge in [-0.1, -0.05) is 101 Å². The predicted molar refractivity (Wildman–Crippen MR) is 382 cm³/mol. The van der Waals surface area contributed by atoms with Crippen molar-refractivity contribution < 1.29 is 77.3 Å². The molecule has 0 bridgehead atoms. The lowest BCUT2D eigenvalue weighted by Crippen LogP contribution is -2.62. The number of nitrogens with one attached hydrogen (secondary N) is 12. The van der Waals surface area contributed by atoms with Crippen LogP contribution in [-0.4, -0.2) is 212 Å². The summed E-state index contributed by atoms with van der Waals surface area (Å²) >= 11 is 0. The monoisotopic (exact) mass is 1450 g/mol. The molecule has 103 heavy (non-hydrogen) atoms. The first-order valence-corrected chi connectivity index (χ1v) is 35.4. The minimum Gasteiger partial charge on any atom is -0.461 e. The third kappa shape index (κ3) is 32.6. The van der Waals surface area contributed by atoms with Gasteiger partial charge in [-0.05, 0) is 134 Å². The summed E-state index contributed by atoms with van der Waals surface area (Å²) in [5.41, 5.74) is 37.1. The largest absolute Gasteiger partial charge is 0.461 e. The van der Waals surface area contributed by atoms with Crippen LogP contribution in [0.25, 0.3) is 0 Å². The van der Waals surface area contributed by atoms with Gasteiger partial charge in [-0.2, -0.15) is 0 Å². The van der Waals surface area contributed by atoms with Crippen molar-refractivity contribution in [1.29, 1.82) is 0 Å². The molecule has 0 unspecified atom stereocenters. The van der Waals surface area contributed by atoms with Gasteiger partial charge in [0.2, 0.25) is 70.9 Å². The Morgan fingerprint density at radius 2 is 1.05 bits per heavy atom. The number of ether oxygens (including phenoxy) is 1. The number of unbranched alkanes of at least 4 members (excludes halogenated alkanes) is 1. The Kier molecular flexibility index (Phi) is 40.8. The molecule has 0 radical (unpaired) electrons. The van der Waals surface area contributed by atoms with Gasteiger partial charge in [0.25, 0.3) is 0 Å². The molecule has 1 aliphatic rings. The minimum atomic E-state index is -1.84. The van der Waals surface area contributed by atoms with Gasteiger partial charge < -0.3 is 113 Å². The fourth-order valence-corrected chi connectivity index (χ4v) is 11.1. The van der Waals surface area contributed by atoms with Crippen LogP contribution < -0.4 is 98.2 Å². The Labute approximate surface area is 602 Å². The number of benzene rings is 2. The standard InChI is InChI=1S/C69H114N18O16/c1-39(2)15-13-14-20-55(90)78-47(22-29-71)63(96)87-57(42(6)89)68(101)83-50(25-32-74)60(93)81-51-27-34-77-67(100)56(41(5)88)86-64(97)52(26-33-76-58(91)46(75)37-45(21-28-70)69(102)103-38-44-18-11-8-12-19-44)82-59(92)48(23-30-72)80-65(98)53(35-40(3)4)84-66(99)54(36-43-16-9-7-10-17-43)85-61(94)49(24-31-73)79-62(51)95/h7-12,16-19,39-42,45-54,56-57,88-89H,13-15,20-38,70-75H2,1-6H3,(H,76,91)(H,77,100)(H,78,90)(H,79,95)(H,80,98)(H,81,93)(H,82,92)(H,83,101)(H,84,99)(H,85,94)(H,86,97)(H,87,96)/t41-,42-,45+,46+,47+,48+,49+,50+,51+,52+,53+,54-,56+,57+/m1/s1. The number of carbonyl (C=O) groups is 13. The summed E-state index contributed by atoms with van der Waals surface area (Å²) in [5.74, 6) is -12.6. The van der Waals surface area contributed by atoms with E-state index < -0.39 is 187 Å². The van der Waals surface area contributed by atoms with E-state index >= 15 is 0 Å². The molecule has 34 nitrogen and oxygen atoms in total. The van der Waals surface area contributed by atoms with Crippen LogP contribution in [0, 0.1) is 17.8 Å². The number of carbonyl (C=O) groups excluding carboxylic acids is 13. The lowest BCUT2D eigenvalue weighted by atomic mass is 9.96. The highest BCUT2D eigenvalue weighted by atomic mass is 16.5. The van der Waals surface area contributed by atoms with E-state index in [2.05, 4.69) is 77.6 Å². The van der Waals surface area contributed by atoms with E-state index in [0.29, 0.717) is 17.9 Å². The van der Waals surface area contributed by atoms with Crippen molar-refractivity contribution in [2.45, 2.75) is 217 Å². The summed E-state index contributed by atoms with van der Waals surface area (Å²) in [5, 5.41) is 52.7. The SMILES string of the molecule is CC(C)CCCCC(=O)N[C@@H](CCN)C(=O)N[C@H](C(=O)N[C@@H](CCN)C(=O)N[C@H]1CCNC(=O)[C@H]([C@@H](C)O)NC(=O)[C@H](CCNC(=O)[C@@H](N)C[C@H](CCN)C(=O)OCc2ccccc2)NC(=O)[C@H](CCN)NC(=O)[C@H](CC(C)C)NC(=O)[C@@H](Cc2ccccc2)NC(=O)[C@H](CCN)NC1=O)[C@@H](C)O. The van der Waals surface area contributed by atoms with Gasteiger partial charge in [0, 0.05) is 25.9 Å². The predicted octanol–water partition coefficient (Wildman–Crippen LogP) is -5.05. The van der Waals surface area contributed by atoms with E-state index in [4.69, 9.17) is 39.1 Å². The lowest BCUT2D eigenvalue weighted by Gasteiger charge is -2.29. The molecule has 1 aliphatic heterocycles. The van der Waals surface area contributed by atoms with Gasteiger partial charge in [0.1, 0.15) is 67.0 Å². The molecule has 0 aliphatic carbocycles. The Hall–Kier alpha value is -8.77. The molecule has 2 aromatic rings. The molecule has 1 heterocycles. The average molecular weight is 1450 g/mol. The molecule has 0 aromatic heterocycles. The molecular formula is C69H114N18O16. The molecule has 2 aromatic carbocycles. The average Bonchev–Trinajstić information content (AvgIpc) is 1.13. The van der Waals surface area contributed by atoms with Gasteiger partial charge in [-0.3, -0.25) is 62.3 Å². The van der Waals surface area contributed by atoms with Gasteiger partial charge >= 0.3 is 5.97 Å². The normalized spacial score (nSPS) is 21.2. The zero-order chi connectivity index (χ0) is 76.7. The molecule has 576 valence electrons. The number of nitrogens with two attached hydrogens (primary N) is 6. The highest BCUT2D eigenvalue weighted by Gasteiger charge is 2.38. The third-order valence-electron chi connectivity index (χ3n) is 16.9.